The molecule has 1 aromatic carbocycles. The molecule has 1 aromatic heterocycles. The summed E-state index contributed by atoms with van der Waals surface area (Å²) in [6.07, 6.45) is 7.26. The molecule has 1 atom stereocenters. The first-order valence-electron chi connectivity index (χ1n) is 7.51. The van der Waals surface area contributed by atoms with Gasteiger partial charge in [0.05, 0.1) is 13.3 Å². The first-order valence-corrected chi connectivity index (χ1v) is 7.51. The number of benzene rings is 1. The summed E-state index contributed by atoms with van der Waals surface area (Å²) in [6, 6.07) is 8.84. The van der Waals surface area contributed by atoms with Crippen molar-refractivity contribution in [2.45, 2.75) is 32.2 Å². The van der Waals surface area contributed by atoms with Crippen LogP contribution in [0.4, 0.5) is 0 Å². The number of ether oxygens (including phenoxy) is 1. The maximum atomic E-state index is 5.17. The number of nitrogens with one attached hydrogen (secondary N) is 1. The molecule has 4 nitrogen and oxygen atoms in total. The normalized spacial score (nSPS) is 12.3. The lowest BCUT2D eigenvalue weighted by Gasteiger charge is -2.13. The molecular formula is C17H25N3O. The zero-order valence-electron chi connectivity index (χ0n) is 13.2. The van der Waals surface area contributed by atoms with Crippen molar-refractivity contribution in [3.63, 3.8) is 0 Å². The smallest absolute Gasteiger partial charge is 0.118 e. The first-order chi connectivity index (χ1) is 10.2. The van der Waals surface area contributed by atoms with Crippen LogP contribution in [-0.2, 0) is 19.9 Å². The number of methoxy groups -OCH3 is 1. The highest BCUT2D eigenvalue weighted by Crippen LogP contribution is 2.13. The minimum absolute atomic E-state index is 0.517. The molecule has 1 unspecified atom stereocenters. The van der Waals surface area contributed by atoms with Gasteiger partial charge in [0.25, 0.3) is 0 Å². The maximum absolute atomic E-state index is 5.17. The highest BCUT2D eigenvalue weighted by atomic mass is 16.5. The first kappa shape index (κ1) is 15.6. The highest BCUT2D eigenvalue weighted by molar-refractivity contribution is 5.27. The van der Waals surface area contributed by atoms with Gasteiger partial charge >= 0.3 is 0 Å². The van der Waals surface area contributed by atoms with E-state index in [9.17, 15) is 0 Å². The third kappa shape index (κ3) is 5.23. The molecule has 114 valence electrons. The average Bonchev–Trinajstić information content (AvgIpc) is 2.91. The summed E-state index contributed by atoms with van der Waals surface area (Å²) in [5, 5.41) is 7.75. The molecule has 0 fully saturated rings. The predicted octanol–water partition coefficient (Wildman–Crippen LogP) is 2.58. The van der Waals surface area contributed by atoms with Gasteiger partial charge in [0.1, 0.15) is 5.75 Å². The van der Waals surface area contributed by atoms with E-state index in [4.69, 9.17) is 4.74 Å². The highest BCUT2D eigenvalue weighted by Gasteiger charge is 2.03. The summed E-state index contributed by atoms with van der Waals surface area (Å²) < 4.78 is 7.02. The molecule has 0 saturated heterocycles. The third-order valence-electron chi connectivity index (χ3n) is 3.69. The molecule has 1 N–H and O–H groups in total. The number of aromatic nitrogens is 2. The van der Waals surface area contributed by atoms with E-state index in [1.54, 1.807) is 7.11 Å². The zero-order chi connectivity index (χ0) is 15.1. The molecule has 0 aliphatic rings. The van der Waals surface area contributed by atoms with Gasteiger partial charge in [0.15, 0.2) is 0 Å². The largest absolute Gasteiger partial charge is 0.497 e. The van der Waals surface area contributed by atoms with Crippen LogP contribution in [0.2, 0.25) is 0 Å². The van der Waals surface area contributed by atoms with E-state index in [1.165, 1.54) is 11.1 Å². The van der Waals surface area contributed by atoms with Crippen LogP contribution in [0.3, 0.4) is 0 Å². The van der Waals surface area contributed by atoms with Crippen LogP contribution in [0.5, 0.6) is 5.75 Å². The van der Waals surface area contributed by atoms with Crippen molar-refractivity contribution >= 4 is 0 Å². The van der Waals surface area contributed by atoms with Gasteiger partial charge < -0.3 is 10.1 Å². The third-order valence-corrected chi connectivity index (χ3v) is 3.69. The Kier molecular flexibility index (Phi) is 5.81. The molecular weight excluding hydrogens is 262 g/mol. The van der Waals surface area contributed by atoms with E-state index in [0.717, 1.165) is 31.6 Å². The Morgan fingerprint density at radius 1 is 1.19 bits per heavy atom. The second-order valence-electron chi connectivity index (χ2n) is 5.51. The van der Waals surface area contributed by atoms with Crippen molar-refractivity contribution in [1.82, 2.24) is 15.1 Å². The monoisotopic (exact) mass is 287 g/mol. The van der Waals surface area contributed by atoms with Crippen LogP contribution in [0.1, 0.15) is 24.5 Å². The summed E-state index contributed by atoms with van der Waals surface area (Å²) in [4.78, 5) is 0. The van der Waals surface area contributed by atoms with E-state index in [1.807, 2.05) is 30.1 Å². The zero-order valence-corrected chi connectivity index (χ0v) is 13.2. The molecule has 21 heavy (non-hydrogen) atoms. The molecule has 4 heteroatoms. The minimum atomic E-state index is 0.517. The number of hydrogen-bond acceptors (Lipinski definition) is 3. The lowest BCUT2D eigenvalue weighted by Crippen LogP contribution is -2.28. The van der Waals surface area contributed by atoms with Crippen molar-refractivity contribution in [1.29, 1.82) is 0 Å². The second-order valence-corrected chi connectivity index (χ2v) is 5.51. The number of nitrogens with zero attached hydrogens (tertiary/aromatic N) is 2. The quantitative estimate of drug-likeness (QED) is 0.811. The van der Waals surface area contributed by atoms with Crippen LogP contribution < -0.4 is 10.1 Å². The van der Waals surface area contributed by atoms with Crippen LogP contribution >= 0.6 is 0 Å². The summed E-state index contributed by atoms with van der Waals surface area (Å²) in [5.74, 6) is 0.918. The Labute approximate surface area is 127 Å². The molecule has 2 rings (SSSR count). The van der Waals surface area contributed by atoms with Gasteiger partial charge in [-0.05, 0) is 56.0 Å². The van der Waals surface area contributed by atoms with Crippen molar-refractivity contribution in [2.24, 2.45) is 7.05 Å². The maximum Gasteiger partial charge on any atom is 0.118 e. The fourth-order valence-electron chi connectivity index (χ4n) is 2.34. The van der Waals surface area contributed by atoms with Gasteiger partial charge in [0, 0.05) is 19.3 Å². The Morgan fingerprint density at radius 3 is 2.57 bits per heavy atom. The second kappa shape index (κ2) is 7.84. The predicted molar refractivity (Wildman–Crippen MR) is 85.7 cm³/mol. The fraction of sp³-hybridized carbons (Fsp3) is 0.471. The topological polar surface area (TPSA) is 39.1 Å². The van der Waals surface area contributed by atoms with Gasteiger partial charge in [-0.1, -0.05) is 12.1 Å². The van der Waals surface area contributed by atoms with Gasteiger partial charge in [-0.25, -0.2) is 0 Å². The van der Waals surface area contributed by atoms with Crippen LogP contribution in [-0.4, -0.2) is 29.5 Å². The van der Waals surface area contributed by atoms with E-state index >= 15 is 0 Å². The van der Waals surface area contributed by atoms with Crippen molar-refractivity contribution in [3.8, 4) is 5.75 Å². The Morgan fingerprint density at radius 2 is 1.95 bits per heavy atom. The van der Waals surface area contributed by atoms with Crippen molar-refractivity contribution in [2.75, 3.05) is 13.7 Å². The fourth-order valence-corrected chi connectivity index (χ4v) is 2.34. The standard InChI is InChI=1S/C17H25N3O/c1-14(18-11-10-16-12-19-20(2)13-16)4-5-15-6-8-17(21-3)9-7-15/h6-9,12-14,18H,4-5,10-11H2,1-3H3. The molecule has 0 aliphatic carbocycles. The molecule has 0 aliphatic heterocycles. The van der Waals surface area contributed by atoms with Gasteiger partial charge in [-0.2, -0.15) is 5.10 Å². The molecule has 0 spiro atoms. The molecule has 0 radical (unpaired) electrons. The van der Waals surface area contributed by atoms with E-state index < -0.39 is 0 Å². The van der Waals surface area contributed by atoms with Gasteiger partial charge in [-0.3, -0.25) is 4.68 Å². The van der Waals surface area contributed by atoms with E-state index in [-0.39, 0.29) is 0 Å². The van der Waals surface area contributed by atoms with Crippen LogP contribution in [0.15, 0.2) is 36.7 Å². The van der Waals surface area contributed by atoms with Crippen molar-refractivity contribution in [3.05, 3.63) is 47.8 Å². The van der Waals surface area contributed by atoms with Gasteiger partial charge in [0.2, 0.25) is 0 Å². The SMILES string of the molecule is COc1ccc(CCC(C)NCCc2cnn(C)c2)cc1. The summed E-state index contributed by atoms with van der Waals surface area (Å²) in [6.45, 7) is 3.24. The van der Waals surface area contributed by atoms with E-state index in [2.05, 4.69) is 35.7 Å². The Bertz CT molecular complexity index is 533. The minimum Gasteiger partial charge on any atom is -0.497 e. The number of hydrogen-bond donors (Lipinski definition) is 1. The number of aryl methyl sites for hydroxylation is 2. The molecule has 2 aromatic rings. The van der Waals surface area contributed by atoms with Gasteiger partial charge in [-0.15, -0.1) is 0 Å². The van der Waals surface area contributed by atoms with Crippen LogP contribution in [0, 0.1) is 0 Å². The Balaban J connectivity index is 1.65. The molecule has 1 heterocycles. The average molecular weight is 287 g/mol. The summed E-state index contributed by atoms with van der Waals surface area (Å²) >= 11 is 0. The summed E-state index contributed by atoms with van der Waals surface area (Å²) in [7, 11) is 3.65. The van der Waals surface area contributed by atoms with Crippen molar-refractivity contribution < 1.29 is 4.74 Å². The molecule has 0 saturated carbocycles. The Hall–Kier alpha value is -1.81. The lowest BCUT2D eigenvalue weighted by molar-refractivity contribution is 0.414. The summed E-state index contributed by atoms with van der Waals surface area (Å²) in [5.41, 5.74) is 2.64. The lowest BCUT2D eigenvalue weighted by atomic mass is 10.1. The number of rotatable bonds is 8. The van der Waals surface area contributed by atoms with Crippen LogP contribution in [0.25, 0.3) is 0 Å². The van der Waals surface area contributed by atoms with E-state index in [0.29, 0.717) is 6.04 Å². The molecule has 0 amide bonds. The molecule has 0 bridgehead atoms.